The smallest absolute Gasteiger partial charge is 0.231 e. The Labute approximate surface area is 207 Å². The summed E-state index contributed by atoms with van der Waals surface area (Å²) < 4.78 is 37.3. The van der Waals surface area contributed by atoms with Gasteiger partial charge < -0.3 is 0 Å². The molecule has 2 aromatic heterocycles. The summed E-state index contributed by atoms with van der Waals surface area (Å²) in [6.07, 6.45) is 2.59. The SMILES string of the molecule is CCS(=O)(=O)c1ccc(CC(=O)Nc2ncc(-c3ccc(F)nc3)c(C(=O)c3ccccc3)n2)cc1. The van der Waals surface area contributed by atoms with E-state index in [0.29, 0.717) is 22.3 Å². The molecule has 0 bridgehead atoms. The maximum atomic E-state index is 13.3. The van der Waals surface area contributed by atoms with Gasteiger partial charge in [-0.15, -0.1) is 0 Å². The van der Waals surface area contributed by atoms with Crippen LogP contribution in [-0.2, 0) is 21.1 Å². The minimum Gasteiger partial charge on any atom is -0.294 e. The lowest BCUT2D eigenvalue weighted by Crippen LogP contribution is -2.18. The van der Waals surface area contributed by atoms with Gasteiger partial charge in [-0.2, -0.15) is 4.39 Å². The van der Waals surface area contributed by atoms with Crippen LogP contribution in [-0.4, -0.2) is 40.8 Å². The summed E-state index contributed by atoms with van der Waals surface area (Å²) in [6, 6.07) is 17.2. The number of aromatic nitrogens is 3. The highest BCUT2D eigenvalue weighted by molar-refractivity contribution is 7.91. The zero-order valence-electron chi connectivity index (χ0n) is 19.2. The van der Waals surface area contributed by atoms with E-state index in [1.54, 1.807) is 49.4 Å². The van der Waals surface area contributed by atoms with Crippen LogP contribution in [0.25, 0.3) is 11.1 Å². The molecule has 0 aliphatic carbocycles. The van der Waals surface area contributed by atoms with Crippen molar-refractivity contribution in [3.8, 4) is 11.1 Å². The maximum Gasteiger partial charge on any atom is 0.231 e. The Bertz CT molecular complexity index is 1510. The lowest BCUT2D eigenvalue weighted by Gasteiger charge is -2.11. The summed E-state index contributed by atoms with van der Waals surface area (Å²) >= 11 is 0. The van der Waals surface area contributed by atoms with Gasteiger partial charge >= 0.3 is 0 Å². The molecule has 0 saturated heterocycles. The number of benzene rings is 2. The summed E-state index contributed by atoms with van der Waals surface area (Å²) in [4.78, 5) is 38.1. The molecule has 0 aliphatic heterocycles. The number of anilines is 1. The van der Waals surface area contributed by atoms with E-state index in [9.17, 15) is 22.4 Å². The number of ketones is 1. The molecule has 0 saturated carbocycles. The minimum atomic E-state index is -3.34. The molecule has 36 heavy (non-hydrogen) atoms. The van der Waals surface area contributed by atoms with E-state index in [-0.39, 0.29) is 28.7 Å². The van der Waals surface area contributed by atoms with Gasteiger partial charge in [-0.3, -0.25) is 14.9 Å². The molecule has 1 N–H and O–H groups in total. The average molecular weight is 505 g/mol. The third kappa shape index (κ3) is 5.66. The molecule has 10 heteroatoms. The molecule has 4 aromatic rings. The second-order valence-corrected chi connectivity index (χ2v) is 10.1. The van der Waals surface area contributed by atoms with Crippen LogP contribution < -0.4 is 5.32 Å². The van der Waals surface area contributed by atoms with E-state index in [1.165, 1.54) is 36.7 Å². The number of hydrogen-bond donors (Lipinski definition) is 1. The predicted molar refractivity (Wildman–Crippen MR) is 132 cm³/mol. The molecule has 0 atom stereocenters. The number of rotatable bonds is 8. The standard InChI is InChI=1S/C26H21FN4O4S/c1-2-36(34,35)20-11-8-17(9-12-20)14-23(32)30-26-29-16-21(19-10-13-22(27)28-15-19)24(31-26)25(33)18-6-4-3-5-7-18/h3-13,15-16H,2,14H2,1H3,(H,29,30,31,32). The van der Waals surface area contributed by atoms with Crippen molar-refractivity contribution in [3.63, 3.8) is 0 Å². The highest BCUT2D eigenvalue weighted by Crippen LogP contribution is 2.25. The minimum absolute atomic E-state index is 0.0157. The van der Waals surface area contributed by atoms with Crippen LogP contribution in [0.3, 0.4) is 0 Å². The van der Waals surface area contributed by atoms with E-state index < -0.39 is 27.5 Å². The van der Waals surface area contributed by atoms with Gasteiger partial charge in [-0.25, -0.2) is 23.4 Å². The fourth-order valence-electron chi connectivity index (χ4n) is 3.42. The number of halogens is 1. The van der Waals surface area contributed by atoms with Crippen LogP contribution in [0.2, 0.25) is 0 Å². The highest BCUT2D eigenvalue weighted by Gasteiger charge is 2.20. The molecule has 0 spiro atoms. The number of sulfone groups is 1. The number of nitrogens with zero attached hydrogens (tertiary/aromatic N) is 3. The molecule has 0 unspecified atom stereocenters. The monoisotopic (exact) mass is 504 g/mol. The molecule has 0 aliphatic rings. The molecule has 182 valence electrons. The first kappa shape index (κ1) is 24.8. The number of nitrogens with one attached hydrogen (secondary N) is 1. The van der Waals surface area contributed by atoms with Gasteiger partial charge in [0.15, 0.2) is 9.84 Å². The fourth-order valence-corrected chi connectivity index (χ4v) is 4.31. The van der Waals surface area contributed by atoms with Crippen molar-refractivity contribution in [2.24, 2.45) is 0 Å². The van der Waals surface area contributed by atoms with Crippen LogP contribution in [0, 0.1) is 5.95 Å². The van der Waals surface area contributed by atoms with Crippen LogP contribution >= 0.6 is 0 Å². The molecule has 0 fully saturated rings. The Morgan fingerprint density at radius 2 is 1.64 bits per heavy atom. The Morgan fingerprint density at radius 1 is 0.917 bits per heavy atom. The lowest BCUT2D eigenvalue weighted by atomic mass is 10.0. The Balaban J connectivity index is 1.59. The first-order valence-corrected chi connectivity index (χ1v) is 12.6. The third-order valence-electron chi connectivity index (χ3n) is 5.36. The summed E-state index contributed by atoms with van der Waals surface area (Å²) in [7, 11) is -3.34. The number of pyridine rings is 1. The first-order chi connectivity index (χ1) is 17.3. The first-order valence-electron chi connectivity index (χ1n) is 11.0. The summed E-state index contributed by atoms with van der Waals surface area (Å²) in [5.41, 5.74) is 1.77. The average Bonchev–Trinajstić information content (AvgIpc) is 2.89. The van der Waals surface area contributed by atoms with Gasteiger partial charge in [0.25, 0.3) is 0 Å². The third-order valence-corrected chi connectivity index (χ3v) is 7.11. The normalized spacial score (nSPS) is 11.2. The number of carbonyl (C=O) groups excluding carboxylic acids is 2. The van der Waals surface area contributed by atoms with E-state index in [2.05, 4.69) is 20.3 Å². The van der Waals surface area contributed by atoms with E-state index in [4.69, 9.17) is 0 Å². The van der Waals surface area contributed by atoms with Crippen molar-refractivity contribution in [1.29, 1.82) is 0 Å². The van der Waals surface area contributed by atoms with Gasteiger partial charge in [0.2, 0.25) is 23.6 Å². The summed E-state index contributed by atoms with van der Waals surface area (Å²) in [6.45, 7) is 1.56. The molecular weight excluding hydrogens is 483 g/mol. The molecule has 2 heterocycles. The number of hydrogen-bond acceptors (Lipinski definition) is 7. The summed E-state index contributed by atoms with van der Waals surface area (Å²) in [5.74, 6) is -1.61. The molecule has 2 aromatic carbocycles. The van der Waals surface area contributed by atoms with Crippen molar-refractivity contribution in [2.45, 2.75) is 18.2 Å². The van der Waals surface area contributed by atoms with Crippen LogP contribution in [0.15, 0.2) is 84.0 Å². The van der Waals surface area contributed by atoms with Crippen molar-refractivity contribution in [1.82, 2.24) is 15.0 Å². The predicted octanol–water partition coefficient (Wildman–Crippen LogP) is 3.88. The second-order valence-electron chi connectivity index (χ2n) is 7.79. The molecule has 4 rings (SSSR count). The van der Waals surface area contributed by atoms with Crippen molar-refractivity contribution >= 4 is 27.5 Å². The summed E-state index contributed by atoms with van der Waals surface area (Å²) in [5, 5.41) is 2.57. The second kappa shape index (κ2) is 10.5. The van der Waals surface area contributed by atoms with Gasteiger partial charge in [0.1, 0.15) is 5.69 Å². The zero-order valence-corrected chi connectivity index (χ0v) is 20.0. The highest BCUT2D eigenvalue weighted by atomic mass is 32.2. The van der Waals surface area contributed by atoms with Crippen molar-refractivity contribution < 1.29 is 22.4 Å². The van der Waals surface area contributed by atoms with Crippen LogP contribution in [0.1, 0.15) is 28.5 Å². The Morgan fingerprint density at radius 3 is 2.28 bits per heavy atom. The number of amides is 1. The topological polar surface area (TPSA) is 119 Å². The lowest BCUT2D eigenvalue weighted by molar-refractivity contribution is -0.115. The molecule has 8 nitrogen and oxygen atoms in total. The van der Waals surface area contributed by atoms with Gasteiger partial charge in [0.05, 0.1) is 17.1 Å². The Hall–Kier alpha value is -4.31. The molecule has 1 amide bonds. The molecule has 0 radical (unpaired) electrons. The quantitative estimate of drug-likeness (QED) is 0.286. The van der Waals surface area contributed by atoms with E-state index in [1.807, 2.05) is 0 Å². The van der Waals surface area contributed by atoms with E-state index in [0.717, 1.165) is 0 Å². The largest absolute Gasteiger partial charge is 0.294 e. The van der Waals surface area contributed by atoms with Crippen LogP contribution in [0.5, 0.6) is 0 Å². The number of carbonyl (C=O) groups is 2. The molecular formula is C26H21FN4O4S. The van der Waals surface area contributed by atoms with E-state index >= 15 is 0 Å². The zero-order chi connectivity index (χ0) is 25.7. The maximum absolute atomic E-state index is 13.3. The van der Waals surface area contributed by atoms with Gasteiger partial charge in [0, 0.05) is 29.1 Å². The van der Waals surface area contributed by atoms with Gasteiger partial charge in [-0.1, -0.05) is 49.4 Å². The van der Waals surface area contributed by atoms with Crippen molar-refractivity contribution in [3.05, 3.63) is 102 Å². The fraction of sp³-hybridized carbons (Fsp3) is 0.115. The van der Waals surface area contributed by atoms with Crippen LogP contribution in [0.4, 0.5) is 10.3 Å². The Kier molecular flexibility index (Phi) is 7.25. The van der Waals surface area contributed by atoms with Crippen molar-refractivity contribution in [2.75, 3.05) is 11.1 Å². The van der Waals surface area contributed by atoms with Gasteiger partial charge in [-0.05, 0) is 29.8 Å².